The largest absolute Gasteiger partial charge is 0.365 e. The molecule has 3 heteroatoms. The summed E-state index contributed by atoms with van der Waals surface area (Å²) >= 11 is 0. The summed E-state index contributed by atoms with van der Waals surface area (Å²) in [6.45, 7) is 0.816. The van der Waals surface area contributed by atoms with Crippen LogP contribution < -0.4 is 5.32 Å². The molecule has 19 heavy (non-hydrogen) atoms. The van der Waals surface area contributed by atoms with Crippen LogP contribution in [-0.2, 0) is 11.3 Å². The third kappa shape index (κ3) is 2.10. The van der Waals surface area contributed by atoms with Crippen molar-refractivity contribution < 1.29 is 9.84 Å². The highest BCUT2D eigenvalue weighted by molar-refractivity contribution is 5.15. The molecule has 102 valence electrons. The van der Waals surface area contributed by atoms with Crippen LogP contribution in [-0.4, -0.2) is 16.6 Å². The molecule has 1 aromatic rings. The quantitative estimate of drug-likeness (QED) is 0.876. The lowest BCUT2D eigenvalue weighted by Crippen LogP contribution is -2.66. The van der Waals surface area contributed by atoms with E-state index in [0.717, 1.165) is 32.2 Å². The molecule has 4 bridgehead atoms. The number of benzene rings is 1. The van der Waals surface area contributed by atoms with Gasteiger partial charge in [0, 0.05) is 19.4 Å². The summed E-state index contributed by atoms with van der Waals surface area (Å²) < 4.78 is 6.06. The van der Waals surface area contributed by atoms with Crippen LogP contribution >= 0.6 is 0 Å². The molecule has 4 aliphatic rings. The zero-order chi connectivity index (χ0) is 12.9. The minimum atomic E-state index is -0.853. The summed E-state index contributed by atoms with van der Waals surface area (Å²) in [5.41, 5.74) is 0.989. The third-order valence-corrected chi connectivity index (χ3v) is 4.96. The molecular weight excluding hydrogens is 238 g/mol. The third-order valence-electron chi connectivity index (χ3n) is 4.96. The smallest absolute Gasteiger partial charge is 0.168 e. The monoisotopic (exact) mass is 259 g/mol. The van der Waals surface area contributed by atoms with Crippen LogP contribution in [0.4, 0.5) is 0 Å². The molecule has 4 fully saturated rings. The zero-order valence-corrected chi connectivity index (χ0v) is 11.1. The Morgan fingerprint density at radius 3 is 2.42 bits per heavy atom. The lowest BCUT2D eigenvalue weighted by Gasteiger charge is -2.59. The van der Waals surface area contributed by atoms with Gasteiger partial charge in [0.15, 0.2) is 5.79 Å². The van der Waals surface area contributed by atoms with E-state index >= 15 is 0 Å². The number of hydrogen-bond donors (Lipinski definition) is 2. The van der Waals surface area contributed by atoms with E-state index < -0.39 is 5.79 Å². The molecule has 2 saturated heterocycles. The number of nitrogens with one attached hydrogen (secondary N) is 1. The number of aliphatic hydroxyl groups is 1. The minimum absolute atomic E-state index is 0.283. The lowest BCUT2D eigenvalue weighted by molar-refractivity contribution is -0.363. The van der Waals surface area contributed by atoms with Gasteiger partial charge in [0.1, 0.15) is 5.72 Å². The van der Waals surface area contributed by atoms with E-state index in [2.05, 4.69) is 29.6 Å². The summed E-state index contributed by atoms with van der Waals surface area (Å²) in [6.07, 6.45) is 5.05. The Bertz CT molecular complexity index is 459. The first kappa shape index (κ1) is 11.9. The van der Waals surface area contributed by atoms with Gasteiger partial charge in [0.25, 0.3) is 0 Å². The first-order chi connectivity index (χ1) is 9.15. The predicted molar refractivity (Wildman–Crippen MR) is 72.1 cm³/mol. The van der Waals surface area contributed by atoms with E-state index in [1.807, 2.05) is 6.07 Å². The zero-order valence-electron chi connectivity index (χ0n) is 11.1. The number of rotatable bonds is 3. The maximum absolute atomic E-state index is 10.5. The van der Waals surface area contributed by atoms with Gasteiger partial charge in [0.2, 0.25) is 0 Å². The fourth-order valence-electron chi connectivity index (χ4n) is 4.52. The van der Waals surface area contributed by atoms with E-state index in [1.165, 1.54) is 12.0 Å². The minimum Gasteiger partial charge on any atom is -0.365 e. The molecule has 2 saturated carbocycles. The van der Waals surface area contributed by atoms with Gasteiger partial charge in [-0.1, -0.05) is 30.3 Å². The van der Waals surface area contributed by atoms with Gasteiger partial charge in [-0.15, -0.1) is 0 Å². The molecule has 2 N–H and O–H groups in total. The molecule has 2 aliphatic heterocycles. The van der Waals surface area contributed by atoms with E-state index in [0.29, 0.717) is 11.8 Å². The van der Waals surface area contributed by atoms with Crippen molar-refractivity contribution in [1.82, 2.24) is 5.32 Å². The Hall–Kier alpha value is -0.900. The first-order valence-electron chi connectivity index (χ1n) is 7.36. The van der Waals surface area contributed by atoms with Gasteiger partial charge in [0.05, 0.1) is 0 Å². The molecule has 1 aromatic carbocycles. The van der Waals surface area contributed by atoms with Crippen LogP contribution in [0.25, 0.3) is 0 Å². The van der Waals surface area contributed by atoms with Crippen LogP contribution in [0.2, 0.25) is 0 Å². The Morgan fingerprint density at radius 1 is 1.11 bits per heavy atom. The van der Waals surface area contributed by atoms with Gasteiger partial charge in [-0.05, 0) is 36.7 Å². The van der Waals surface area contributed by atoms with Crippen molar-refractivity contribution >= 4 is 0 Å². The van der Waals surface area contributed by atoms with Gasteiger partial charge >= 0.3 is 0 Å². The fraction of sp³-hybridized carbons (Fsp3) is 0.625. The maximum Gasteiger partial charge on any atom is 0.168 e. The molecule has 2 aliphatic carbocycles. The van der Waals surface area contributed by atoms with Crippen molar-refractivity contribution in [3.8, 4) is 0 Å². The van der Waals surface area contributed by atoms with E-state index in [1.54, 1.807) is 0 Å². The van der Waals surface area contributed by atoms with Gasteiger partial charge in [-0.25, -0.2) is 0 Å². The average molecular weight is 259 g/mol. The van der Waals surface area contributed by atoms with Crippen molar-refractivity contribution in [3.63, 3.8) is 0 Å². The van der Waals surface area contributed by atoms with Crippen LogP contribution in [0.5, 0.6) is 0 Å². The molecule has 0 radical (unpaired) electrons. The molecule has 2 heterocycles. The standard InChI is InChI=1S/C16H21NO2/c18-16-9-13-6-14(10-16)8-15(7-13,19-16)17-11-12-4-2-1-3-5-12/h1-5,13-14,17-18H,6-11H2. The van der Waals surface area contributed by atoms with Gasteiger partial charge < -0.3 is 9.84 Å². The number of hydrogen-bond acceptors (Lipinski definition) is 3. The second-order valence-electron chi connectivity index (χ2n) is 6.67. The molecule has 0 spiro atoms. The highest BCUT2D eigenvalue weighted by atomic mass is 16.7. The predicted octanol–water partition coefficient (Wildman–Crippen LogP) is 2.40. The highest BCUT2D eigenvalue weighted by Crippen LogP contribution is 2.55. The topological polar surface area (TPSA) is 41.5 Å². The Kier molecular flexibility index (Phi) is 2.53. The van der Waals surface area contributed by atoms with Gasteiger partial charge in [-0.3, -0.25) is 5.32 Å². The van der Waals surface area contributed by atoms with Crippen LogP contribution in [0.3, 0.4) is 0 Å². The molecule has 2 unspecified atom stereocenters. The second-order valence-corrected chi connectivity index (χ2v) is 6.67. The first-order valence-corrected chi connectivity index (χ1v) is 7.36. The number of ether oxygens (including phenoxy) is 1. The summed E-state index contributed by atoms with van der Waals surface area (Å²) in [7, 11) is 0. The van der Waals surface area contributed by atoms with E-state index in [9.17, 15) is 5.11 Å². The normalized spacial score (nSPS) is 43.6. The van der Waals surface area contributed by atoms with Crippen molar-refractivity contribution in [3.05, 3.63) is 35.9 Å². The molecule has 0 aromatic heterocycles. The van der Waals surface area contributed by atoms with Crippen molar-refractivity contribution in [1.29, 1.82) is 0 Å². The average Bonchev–Trinajstić information content (AvgIpc) is 2.35. The Balaban J connectivity index is 1.51. The van der Waals surface area contributed by atoms with Gasteiger partial charge in [-0.2, -0.15) is 0 Å². The SMILES string of the molecule is OC12CC3CC(C1)CC(NCc1ccccc1)(C3)O2. The fourth-order valence-corrected chi connectivity index (χ4v) is 4.52. The summed E-state index contributed by atoms with van der Waals surface area (Å²) in [4.78, 5) is 0. The molecule has 5 rings (SSSR count). The molecular formula is C16H21NO2. The van der Waals surface area contributed by atoms with E-state index in [-0.39, 0.29) is 5.72 Å². The van der Waals surface area contributed by atoms with Crippen molar-refractivity contribution in [2.24, 2.45) is 11.8 Å². The molecule has 0 amide bonds. The Morgan fingerprint density at radius 2 is 1.79 bits per heavy atom. The summed E-state index contributed by atoms with van der Waals surface area (Å²) in [5.74, 6) is 0.414. The van der Waals surface area contributed by atoms with Crippen molar-refractivity contribution in [2.75, 3.05) is 0 Å². The summed E-state index contributed by atoms with van der Waals surface area (Å²) in [5, 5.41) is 14.1. The van der Waals surface area contributed by atoms with Crippen LogP contribution in [0.15, 0.2) is 30.3 Å². The van der Waals surface area contributed by atoms with Crippen LogP contribution in [0.1, 0.15) is 37.7 Å². The summed E-state index contributed by atoms with van der Waals surface area (Å²) in [6, 6.07) is 10.4. The van der Waals surface area contributed by atoms with Crippen LogP contribution in [0, 0.1) is 11.8 Å². The maximum atomic E-state index is 10.5. The van der Waals surface area contributed by atoms with Crippen molar-refractivity contribution in [2.45, 2.75) is 50.2 Å². The molecule has 3 nitrogen and oxygen atoms in total. The second kappa shape index (κ2) is 4.05. The highest BCUT2D eigenvalue weighted by Gasteiger charge is 2.58. The Labute approximate surface area is 114 Å². The van der Waals surface area contributed by atoms with E-state index in [4.69, 9.17) is 4.74 Å². The lowest BCUT2D eigenvalue weighted by atomic mass is 9.63. The molecule has 2 atom stereocenters.